The molecule has 2 aliphatic carbocycles. The highest BCUT2D eigenvalue weighted by Gasteiger charge is 2.38. The summed E-state index contributed by atoms with van der Waals surface area (Å²) in [5, 5.41) is 0. The van der Waals surface area contributed by atoms with E-state index in [1.54, 1.807) is 5.57 Å². The maximum absolute atomic E-state index is 2.53. The Labute approximate surface area is 130 Å². The molecule has 1 aromatic rings. The smallest absolute Gasteiger partial charge is 0.00899 e. The SMILES string of the molecule is CC1=CC2CC(C(C)C)CC2C(c2cc(C)cc(C)c2)=C1. The third-order valence-electron chi connectivity index (χ3n) is 5.41. The van der Waals surface area contributed by atoms with Crippen LogP contribution in [-0.2, 0) is 0 Å². The molecule has 112 valence electrons. The van der Waals surface area contributed by atoms with Gasteiger partial charge in [0.05, 0.1) is 0 Å². The second-order valence-electron chi connectivity index (χ2n) is 7.63. The Morgan fingerprint density at radius 2 is 1.62 bits per heavy atom. The zero-order valence-electron chi connectivity index (χ0n) is 14.1. The lowest BCUT2D eigenvalue weighted by molar-refractivity contribution is 0.386. The molecule has 0 nitrogen and oxygen atoms in total. The standard InChI is InChI=1S/C21H28/c1-13(2)17-11-19-9-16(5)10-20(21(19)12-17)18-7-14(3)6-15(4)8-18/h6-10,13,17,19,21H,11-12H2,1-5H3. The van der Waals surface area contributed by atoms with Crippen LogP contribution < -0.4 is 0 Å². The molecule has 0 heterocycles. The Hall–Kier alpha value is -1.30. The Bertz CT molecular complexity index is 580. The Morgan fingerprint density at radius 1 is 0.952 bits per heavy atom. The fourth-order valence-corrected chi connectivity index (χ4v) is 4.37. The summed E-state index contributed by atoms with van der Waals surface area (Å²) >= 11 is 0. The van der Waals surface area contributed by atoms with E-state index in [9.17, 15) is 0 Å². The molecule has 1 fully saturated rings. The number of aryl methyl sites for hydroxylation is 2. The van der Waals surface area contributed by atoms with E-state index >= 15 is 0 Å². The molecule has 0 spiro atoms. The van der Waals surface area contributed by atoms with E-state index in [1.165, 1.54) is 35.1 Å². The molecule has 2 aliphatic rings. The minimum atomic E-state index is 0.738. The van der Waals surface area contributed by atoms with Gasteiger partial charge in [-0.15, -0.1) is 0 Å². The van der Waals surface area contributed by atoms with Gasteiger partial charge in [-0.2, -0.15) is 0 Å². The molecule has 1 saturated carbocycles. The molecule has 3 unspecified atom stereocenters. The van der Waals surface area contributed by atoms with Crippen molar-refractivity contribution in [3.63, 3.8) is 0 Å². The lowest BCUT2D eigenvalue weighted by Crippen LogP contribution is -2.12. The van der Waals surface area contributed by atoms with E-state index in [0.29, 0.717) is 0 Å². The molecule has 1 aromatic carbocycles. The van der Waals surface area contributed by atoms with Gasteiger partial charge < -0.3 is 0 Å². The number of hydrogen-bond donors (Lipinski definition) is 0. The van der Waals surface area contributed by atoms with Gasteiger partial charge in [-0.1, -0.05) is 60.9 Å². The van der Waals surface area contributed by atoms with Crippen LogP contribution in [0, 0.1) is 37.5 Å². The first-order valence-corrected chi connectivity index (χ1v) is 8.42. The fourth-order valence-electron chi connectivity index (χ4n) is 4.37. The summed E-state index contributed by atoms with van der Waals surface area (Å²) in [6.07, 6.45) is 7.71. The van der Waals surface area contributed by atoms with Crippen molar-refractivity contribution in [2.45, 2.75) is 47.5 Å². The largest absolute Gasteiger partial charge is 0.0778 e. The van der Waals surface area contributed by atoms with Gasteiger partial charge in [0.1, 0.15) is 0 Å². The predicted molar refractivity (Wildman–Crippen MR) is 92.2 cm³/mol. The maximum atomic E-state index is 2.53. The molecule has 3 atom stereocenters. The fraction of sp³-hybridized carbons (Fsp3) is 0.524. The summed E-state index contributed by atoms with van der Waals surface area (Å²) in [6.45, 7) is 11.5. The van der Waals surface area contributed by atoms with Gasteiger partial charge in [-0.25, -0.2) is 0 Å². The van der Waals surface area contributed by atoms with Crippen molar-refractivity contribution in [1.29, 1.82) is 0 Å². The zero-order chi connectivity index (χ0) is 15.1. The molecule has 0 aliphatic heterocycles. The van der Waals surface area contributed by atoms with Crippen LogP contribution in [0.15, 0.2) is 35.9 Å². The molecule has 0 amide bonds. The van der Waals surface area contributed by atoms with Gasteiger partial charge in [0.15, 0.2) is 0 Å². The molecule has 0 aromatic heterocycles. The van der Waals surface area contributed by atoms with E-state index in [0.717, 1.165) is 23.7 Å². The van der Waals surface area contributed by atoms with E-state index < -0.39 is 0 Å². The molecule has 3 rings (SSSR count). The quantitative estimate of drug-likeness (QED) is 0.628. The Morgan fingerprint density at radius 3 is 2.24 bits per heavy atom. The van der Waals surface area contributed by atoms with Crippen molar-refractivity contribution in [2.75, 3.05) is 0 Å². The minimum Gasteiger partial charge on any atom is -0.0778 e. The van der Waals surface area contributed by atoms with Gasteiger partial charge in [0.2, 0.25) is 0 Å². The first kappa shape index (κ1) is 14.6. The maximum Gasteiger partial charge on any atom is -0.00899 e. The van der Waals surface area contributed by atoms with Crippen LogP contribution in [0.3, 0.4) is 0 Å². The third-order valence-corrected chi connectivity index (χ3v) is 5.41. The summed E-state index contributed by atoms with van der Waals surface area (Å²) in [5.41, 5.74) is 7.27. The van der Waals surface area contributed by atoms with Crippen LogP contribution in [-0.4, -0.2) is 0 Å². The molecule has 0 heteroatoms. The third kappa shape index (κ3) is 2.86. The molecule has 0 saturated heterocycles. The van der Waals surface area contributed by atoms with Gasteiger partial charge >= 0.3 is 0 Å². The van der Waals surface area contributed by atoms with Gasteiger partial charge in [-0.05, 0) is 68.4 Å². The lowest BCUT2D eigenvalue weighted by atomic mass is 9.79. The number of benzene rings is 1. The summed E-state index contributed by atoms with van der Waals surface area (Å²) in [7, 11) is 0. The van der Waals surface area contributed by atoms with E-state index in [2.05, 4.69) is 65.0 Å². The summed E-state index contributed by atoms with van der Waals surface area (Å²) in [5.74, 6) is 3.20. The van der Waals surface area contributed by atoms with Crippen LogP contribution >= 0.6 is 0 Å². The molecule has 21 heavy (non-hydrogen) atoms. The highest BCUT2D eigenvalue weighted by Crippen LogP contribution is 2.49. The van der Waals surface area contributed by atoms with Crippen LogP contribution in [0.2, 0.25) is 0 Å². The Balaban J connectivity index is 1.99. The van der Waals surface area contributed by atoms with Crippen LogP contribution in [0.1, 0.15) is 50.3 Å². The van der Waals surface area contributed by atoms with Crippen molar-refractivity contribution in [2.24, 2.45) is 23.7 Å². The van der Waals surface area contributed by atoms with Gasteiger partial charge in [0, 0.05) is 0 Å². The summed E-state index contributed by atoms with van der Waals surface area (Å²) < 4.78 is 0. The second kappa shape index (κ2) is 5.48. The highest BCUT2D eigenvalue weighted by atomic mass is 14.4. The van der Waals surface area contributed by atoms with E-state index in [4.69, 9.17) is 0 Å². The van der Waals surface area contributed by atoms with Crippen molar-refractivity contribution in [3.05, 3.63) is 52.6 Å². The monoisotopic (exact) mass is 280 g/mol. The van der Waals surface area contributed by atoms with Crippen molar-refractivity contribution < 1.29 is 0 Å². The van der Waals surface area contributed by atoms with E-state index in [1.807, 2.05) is 0 Å². The number of hydrogen-bond acceptors (Lipinski definition) is 0. The Kier molecular flexibility index (Phi) is 3.82. The topological polar surface area (TPSA) is 0 Å². The van der Waals surface area contributed by atoms with Crippen molar-refractivity contribution in [1.82, 2.24) is 0 Å². The van der Waals surface area contributed by atoms with Crippen molar-refractivity contribution >= 4 is 5.57 Å². The average molecular weight is 280 g/mol. The van der Waals surface area contributed by atoms with Gasteiger partial charge in [0.25, 0.3) is 0 Å². The first-order chi connectivity index (χ1) is 9.94. The molecule has 0 radical (unpaired) electrons. The van der Waals surface area contributed by atoms with Crippen molar-refractivity contribution in [3.8, 4) is 0 Å². The minimum absolute atomic E-state index is 0.738. The van der Waals surface area contributed by atoms with Crippen LogP contribution in [0.5, 0.6) is 0 Å². The summed E-state index contributed by atoms with van der Waals surface area (Å²) in [4.78, 5) is 0. The highest BCUT2D eigenvalue weighted by molar-refractivity contribution is 5.73. The predicted octanol–water partition coefficient (Wildman–Crippen LogP) is 5.95. The summed E-state index contributed by atoms with van der Waals surface area (Å²) in [6, 6.07) is 7.02. The first-order valence-electron chi connectivity index (χ1n) is 8.42. The number of fused-ring (bicyclic) bond motifs is 1. The zero-order valence-corrected chi connectivity index (χ0v) is 14.1. The molecule has 0 bridgehead atoms. The number of rotatable bonds is 2. The molecule has 0 N–H and O–H groups in total. The van der Waals surface area contributed by atoms with Crippen LogP contribution in [0.4, 0.5) is 0 Å². The van der Waals surface area contributed by atoms with Gasteiger partial charge in [-0.3, -0.25) is 0 Å². The molecular formula is C21H28. The van der Waals surface area contributed by atoms with Crippen LogP contribution in [0.25, 0.3) is 5.57 Å². The lowest BCUT2D eigenvalue weighted by Gasteiger charge is -2.26. The number of allylic oxidation sites excluding steroid dienone is 4. The van der Waals surface area contributed by atoms with E-state index in [-0.39, 0.29) is 0 Å². The second-order valence-corrected chi connectivity index (χ2v) is 7.63. The average Bonchev–Trinajstić information content (AvgIpc) is 2.80. The molecular weight excluding hydrogens is 252 g/mol. The normalized spacial score (nSPS) is 28.4.